The van der Waals surface area contributed by atoms with Crippen molar-refractivity contribution < 1.29 is 24.2 Å². The zero-order valence-corrected chi connectivity index (χ0v) is 32.7. The molecule has 0 aromatic heterocycles. The zero-order valence-electron chi connectivity index (χ0n) is 32.7. The smallest absolute Gasteiger partial charge is 0.339 e. The van der Waals surface area contributed by atoms with Crippen molar-refractivity contribution in [3.05, 3.63) is 0 Å². The molecule has 0 bridgehead atoms. The molecule has 0 spiro atoms. The minimum absolute atomic E-state index is 0.0563. The fourth-order valence-electron chi connectivity index (χ4n) is 7.56. The van der Waals surface area contributed by atoms with Crippen LogP contribution in [0.25, 0.3) is 0 Å². The van der Waals surface area contributed by atoms with Gasteiger partial charge in [0.05, 0.1) is 6.61 Å². The highest BCUT2D eigenvalue weighted by Crippen LogP contribution is 2.35. The molecule has 1 aliphatic heterocycles. The van der Waals surface area contributed by atoms with Crippen LogP contribution in [0.4, 0.5) is 0 Å². The summed E-state index contributed by atoms with van der Waals surface area (Å²) in [5.74, 6) is -0.679. The van der Waals surface area contributed by atoms with E-state index in [1.54, 1.807) is 4.90 Å². The Balaban J connectivity index is 2.47. The lowest BCUT2D eigenvalue weighted by molar-refractivity contribution is -0.166. The van der Waals surface area contributed by atoms with Gasteiger partial charge in [0, 0.05) is 26.0 Å². The topological polar surface area (TPSA) is 83.9 Å². The number of nitrogens with zero attached hydrogens (tertiary/aromatic N) is 1. The second-order valence-electron chi connectivity index (χ2n) is 15.2. The van der Waals surface area contributed by atoms with E-state index in [-0.39, 0.29) is 24.9 Å². The van der Waals surface area contributed by atoms with Crippen molar-refractivity contribution in [1.29, 1.82) is 0 Å². The number of carbonyl (C=O) groups excluding carboxylic acids is 3. The van der Waals surface area contributed by atoms with Crippen LogP contribution in [0.15, 0.2) is 0 Å². The maximum absolute atomic E-state index is 13.9. The molecule has 1 fully saturated rings. The number of ketones is 1. The van der Waals surface area contributed by atoms with Crippen LogP contribution in [0.2, 0.25) is 0 Å². The predicted octanol–water partition coefficient (Wildman–Crippen LogP) is 12.0. The van der Waals surface area contributed by atoms with Crippen molar-refractivity contribution >= 4 is 17.7 Å². The van der Waals surface area contributed by atoms with Gasteiger partial charge in [-0.05, 0) is 44.9 Å². The van der Waals surface area contributed by atoms with Crippen molar-refractivity contribution in [1.82, 2.24) is 4.90 Å². The number of likely N-dealkylation sites (tertiary alicyclic amines) is 1. The van der Waals surface area contributed by atoms with E-state index in [0.29, 0.717) is 38.6 Å². The van der Waals surface area contributed by atoms with Crippen molar-refractivity contribution in [2.24, 2.45) is 0 Å². The van der Waals surface area contributed by atoms with Gasteiger partial charge in [-0.1, -0.05) is 174 Å². The Kier molecular flexibility index (Phi) is 30.2. The molecule has 6 nitrogen and oxygen atoms in total. The first kappa shape index (κ1) is 45.6. The second-order valence-corrected chi connectivity index (χ2v) is 15.2. The van der Waals surface area contributed by atoms with Gasteiger partial charge >= 0.3 is 5.97 Å². The van der Waals surface area contributed by atoms with Crippen LogP contribution in [0.5, 0.6) is 0 Å². The highest BCUT2D eigenvalue weighted by Gasteiger charge is 2.55. The zero-order chi connectivity index (χ0) is 35.7. The summed E-state index contributed by atoms with van der Waals surface area (Å²) in [5.41, 5.74) is -1.43. The second kappa shape index (κ2) is 32.5. The molecule has 1 N–H and O–H groups in total. The summed E-state index contributed by atoms with van der Waals surface area (Å²) in [7, 11) is 0. The molecule has 1 amide bonds. The Hall–Kier alpha value is -1.43. The van der Waals surface area contributed by atoms with E-state index in [0.717, 1.165) is 57.8 Å². The number of rotatable bonds is 36. The lowest BCUT2D eigenvalue weighted by Gasteiger charge is -2.35. The van der Waals surface area contributed by atoms with Gasteiger partial charge in [0.15, 0.2) is 11.3 Å². The fraction of sp³-hybridized carbons (Fsp3) is 0.930. The third-order valence-corrected chi connectivity index (χ3v) is 10.8. The number of esters is 1. The van der Waals surface area contributed by atoms with E-state index < -0.39 is 11.5 Å². The summed E-state index contributed by atoms with van der Waals surface area (Å²) in [6.45, 7) is 5.43. The largest absolute Gasteiger partial charge is 0.464 e. The number of aliphatic hydroxyl groups is 1. The van der Waals surface area contributed by atoms with Crippen LogP contribution in [0.3, 0.4) is 0 Å². The van der Waals surface area contributed by atoms with E-state index in [1.807, 2.05) is 0 Å². The maximum Gasteiger partial charge on any atom is 0.339 e. The van der Waals surface area contributed by atoms with Gasteiger partial charge in [-0.3, -0.25) is 9.59 Å². The molecule has 49 heavy (non-hydrogen) atoms. The average molecular weight is 692 g/mol. The molecular formula is C43H81NO5. The maximum atomic E-state index is 13.9. The molecule has 0 aliphatic carbocycles. The molecule has 0 saturated carbocycles. The van der Waals surface area contributed by atoms with Gasteiger partial charge in [0.1, 0.15) is 0 Å². The summed E-state index contributed by atoms with van der Waals surface area (Å²) in [5, 5.41) is 9.03. The van der Waals surface area contributed by atoms with Crippen LogP contribution in [0, 0.1) is 0 Å². The number of carbonyl (C=O) groups is 3. The number of Topliss-reactive ketones (excluding diaryl/α,β-unsaturated/α-hetero) is 1. The normalized spacial score (nSPS) is 16.0. The number of hydrogen-bond acceptors (Lipinski definition) is 5. The monoisotopic (exact) mass is 692 g/mol. The van der Waals surface area contributed by atoms with E-state index in [9.17, 15) is 14.4 Å². The van der Waals surface area contributed by atoms with Crippen LogP contribution in [-0.2, 0) is 19.1 Å². The van der Waals surface area contributed by atoms with Gasteiger partial charge in [0.2, 0.25) is 5.91 Å². The lowest BCUT2D eigenvalue weighted by Crippen LogP contribution is -2.59. The molecular weight excluding hydrogens is 610 g/mol. The molecule has 1 atom stereocenters. The number of hydrogen-bond donors (Lipinski definition) is 1. The molecule has 0 aromatic rings. The molecule has 6 heteroatoms. The Labute approximate surface area is 303 Å². The Bertz CT molecular complexity index is 801. The van der Waals surface area contributed by atoms with Crippen LogP contribution >= 0.6 is 0 Å². The first-order valence-electron chi connectivity index (χ1n) is 21.7. The first-order valence-corrected chi connectivity index (χ1v) is 21.7. The van der Waals surface area contributed by atoms with Crippen LogP contribution in [0.1, 0.15) is 232 Å². The van der Waals surface area contributed by atoms with Crippen LogP contribution < -0.4 is 0 Å². The predicted molar refractivity (Wildman–Crippen MR) is 206 cm³/mol. The quantitative estimate of drug-likeness (QED) is 0.0401. The standard InChI is InChI=1S/C43H81NO5/c1-3-5-7-9-11-13-15-17-19-21-23-25-29-34-40(46)43(42(48)49-39-32-28-27-31-38-45)36-33-37-44(43)41(47)35-30-26-24-22-20-18-16-14-12-10-8-6-4-2/h45H,3-39H2,1-2H3/t43-/m1/s1. The Morgan fingerprint density at radius 1 is 0.531 bits per heavy atom. The van der Waals surface area contributed by atoms with Gasteiger partial charge in [-0.25, -0.2) is 4.79 Å². The summed E-state index contributed by atoms with van der Waals surface area (Å²) >= 11 is 0. The minimum Gasteiger partial charge on any atom is -0.464 e. The first-order chi connectivity index (χ1) is 24.0. The average Bonchev–Trinajstić information content (AvgIpc) is 3.57. The molecule has 0 unspecified atom stereocenters. The molecule has 288 valence electrons. The minimum atomic E-state index is -1.43. The van der Waals surface area contributed by atoms with Crippen LogP contribution in [-0.4, -0.2) is 53.0 Å². The van der Waals surface area contributed by atoms with Gasteiger partial charge < -0.3 is 14.7 Å². The van der Waals surface area contributed by atoms with E-state index in [1.165, 1.54) is 128 Å². The number of aliphatic hydroxyl groups excluding tert-OH is 1. The van der Waals surface area contributed by atoms with Gasteiger partial charge in [0.25, 0.3) is 0 Å². The molecule has 0 aromatic carbocycles. The Morgan fingerprint density at radius 3 is 1.37 bits per heavy atom. The summed E-state index contributed by atoms with van der Waals surface area (Å²) < 4.78 is 5.74. The summed E-state index contributed by atoms with van der Waals surface area (Å²) in [6, 6.07) is 0. The SMILES string of the molecule is CCCCCCCCCCCCCCCC(=O)N1CCC[C@@]1(C(=O)CCCCCCCCCCCCCCC)C(=O)OCCCCCCO. The van der Waals surface area contributed by atoms with Gasteiger partial charge in [-0.2, -0.15) is 0 Å². The number of amides is 1. The number of unbranched alkanes of at least 4 members (excludes halogenated alkanes) is 27. The molecule has 1 saturated heterocycles. The highest BCUT2D eigenvalue weighted by atomic mass is 16.5. The van der Waals surface area contributed by atoms with E-state index >= 15 is 0 Å². The Morgan fingerprint density at radius 2 is 0.918 bits per heavy atom. The third-order valence-electron chi connectivity index (χ3n) is 10.8. The summed E-state index contributed by atoms with van der Waals surface area (Å²) in [6.07, 6.45) is 37.5. The van der Waals surface area contributed by atoms with E-state index in [4.69, 9.17) is 9.84 Å². The van der Waals surface area contributed by atoms with Crippen molar-refractivity contribution in [3.8, 4) is 0 Å². The van der Waals surface area contributed by atoms with Crippen molar-refractivity contribution in [3.63, 3.8) is 0 Å². The molecule has 1 heterocycles. The number of ether oxygens (including phenoxy) is 1. The highest BCUT2D eigenvalue weighted by molar-refractivity contribution is 6.11. The van der Waals surface area contributed by atoms with Crippen molar-refractivity contribution in [2.75, 3.05) is 19.8 Å². The molecule has 1 rings (SSSR count). The summed E-state index contributed by atoms with van der Waals surface area (Å²) in [4.78, 5) is 42.7. The lowest BCUT2D eigenvalue weighted by atomic mass is 9.87. The van der Waals surface area contributed by atoms with E-state index in [2.05, 4.69) is 13.8 Å². The fourth-order valence-corrected chi connectivity index (χ4v) is 7.56. The molecule has 0 radical (unpaired) electrons. The van der Waals surface area contributed by atoms with Gasteiger partial charge in [-0.15, -0.1) is 0 Å². The third kappa shape index (κ3) is 21.5. The molecule has 1 aliphatic rings. The van der Waals surface area contributed by atoms with Crippen molar-refractivity contribution in [2.45, 2.75) is 238 Å².